The number of hydroxylamine groups is 2. The van der Waals surface area contributed by atoms with Crippen LogP contribution >= 0.6 is 0 Å². The molecular formula is C37H45N3O7. The summed E-state index contributed by atoms with van der Waals surface area (Å²) in [6.07, 6.45) is 2.97. The molecule has 2 fully saturated rings. The van der Waals surface area contributed by atoms with Crippen LogP contribution in [0.3, 0.4) is 0 Å². The van der Waals surface area contributed by atoms with Gasteiger partial charge < -0.3 is 28.8 Å². The Morgan fingerprint density at radius 3 is 1.72 bits per heavy atom. The zero-order chi connectivity index (χ0) is 33.2. The summed E-state index contributed by atoms with van der Waals surface area (Å²) in [4.78, 5) is 46.1. The molecule has 2 atom stereocenters. The Kier molecular flexibility index (Phi) is 12.0. The summed E-state index contributed by atoms with van der Waals surface area (Å²) in [5, 5.41) is 0.573. The van der Waals surface area contributed by atoms with Crippen LogP contribution in [0.25, 0.3) is 0 Å². The summed E-state index contributed by atoms with van der Waals surface area (Å²) in [5.41, 5.74) is 5.69. The predicted octanol–water partition coefficient (Wildman–Crippen LogP) is 5.19. The van der Waals surface area contributed by atoms with Gasteiger partial charge in [-0.3, -0.25) is 9.59 Å². The van der Waals surface area contributed by atoms with Crippen LogP contribution in [0, 0.1) is 0 Å². The number of ether oxygens (including phenoxy) is 3. The first-order valence-corrected chi connectivity index (χ1v) is 16.3. The van der Waals surface area contributed by atoms with Gasteiger partial charge in [0.15, 0.2) is 0 Å². The van der Waals surface area contributed by atoms with Crippen molar-refractivity contribution in [1.82, 2.24) is 5.06 Å². The monoisotopic (exact) mass is 643 g/mol. The maximum Gasteiger partial charge on any atom is 0.363 e. The smallest absolute Gasteiger partial charge is 0.363 e. The van der Waals surface area contributed by atoms with Gasteiger partial charge >= 0.3 is 5.97 Å². The van der Waals surface area contributed by atoms with Crippen LogP contribution in [0.15, 0.2) is 72.8 Å². The van der Waals surface area contributed by atoms with E-state index in [0.717, 1.165) is 47.3 Å². The zero-order valence-corrected chi connectivity index (χ0v) is 27.6. The van der Waals surface area contributed by atoms with Crippen LogP contribution < -0.4 is 9.80 Å². The highest BCUT2D eigenvalue weighted by atomic mass is 16.7. The summed E-state index contributed by atoms with van der Waals surface area (Å²) in [6.45, 7) is 3.76. The Hall–Kier alpha value is -4.25. The largest absolute Gasteiger partial charge is 0.379 e. The van der Waals surface area contributed by atoms with E-state index in [1.165, 1.54) is 0 Å². The molecule has 3 aromatic carbocycles. The van der Waals surface area contributed by atoms with E-state index in [0.29, 0.717) is 50.7 Å². The summed E-state index contributed by atoms with van der Waals surface area (Å²) < 4.78 is 17.1. The molecule has 250 valence electrons. The standard InChI is InChI=1S/C37H45N3O7/c1-38(2)31-14-10-28(11-15-31)36(27-6-8-30(9-7-27)37(43)47-40-34(41)18-19-35(40)42)29-12-16-33(17-13-29)39(3)32-5-4-21-44-23-25-46-26-24-45-22-20-32/h6-17,32,36H,4-5,18-26H2,1-3H3. The van der Waals surface area contributed by atoms with Gasteiger partial charge in [0, 0.05) is 70.5 Å². The van der Waals surface area contributed by atoms with Crippen LogP contribution in [0.2, 0.25) is 0 Å². The first-order chi connectivity index (χ1) is 22.8. The van der Waals surface area contributed by atoms with Gasteiger partial charge in [0.05, 0.1) is 32.0 Å². The molecule has 2 heterocycles. The molecule has 0 N–H and O–H groups in total. The van der Waals surface area contributed by atoms with Crippen molar-refractivity contribution in [1.29, 1.82) is 0 Å². The molecule has 0 bridgehead atoms. The highest BCUT2D eigenvalue weighted by Crippen LogP contribution is 2.34. The Bertz CT molecular complexity index is 1450. The number of rotatable bonds is 8. The lowest BCUT2D eigenvalue weighted by molar-refractivity contribution is -0.172. The lowest BCUT2D eigenvalue weighted by Gasteiger charge is -2.31. The zero-order valence-electron chi connectivity index (χ0n) is 27.6. The van der Waals surface area contributed by atoms with Crippen molar-refractivity contribution in [2.75, 3.05) is 70.6 Å². The molecule has 3 aromatic rings. The number of nitrogens with zero attached hydrogens (tertiary/aromatic N) is 3. The highest BCUT2D eigenvalue weighted by molar-refractivity contribution is 6.02. The van der Waals surface area contributed by atoms with E-state index in [1.807, 2.05) is 26.2 Å². The molecule has 2 aliphatic rings. The lowest BCUT2D eigenvalue weighted by Crippen LogP contribution is -2.33. The van der Waals surface area contributed by atoms with Crippen molar-refractivity contribution in [3.63, 3.8) is 0 Å². The molecule has 0 radical (unpaired) electrons. The number of hydrogen-bond donors (Lipinski definition) is 0. The van der Waals surface area contributed by atoms with Gasteiger partial charge in [0.1, 0.15) is 0 Å². The summed E-state index contributed by atoms with van der Waals surface area (Å²) in [6, 6.07) is 24.6. The van der Waals surface area contributed by atoms with Gasteiger partial charge in [-0.05, 0) is 72.4 Å². The van der Waals surface area contributed by atoms with Crippen molar-refractivity contribution >= 4 is 29.2 Å². The van der Waals surface area contributed by atoms with Crippen LogP contribution in [0.1, 0.15) is 65.1 Å². The van der Waals surface area contributed by atoms with Crippen molar-refractivity contribution in [2.24, 2.45) is 0 Å². The molecule has 10 nitrogen and oxygen atoms in total. The van der Waals surface area contributed by atoms with Crippen molar-refractivity contribution < 1.29 is 33.4 Å². The van der Waals surface area contributed by atoms with Crippen molar-refractivity contribution in [3.8, 4) is 0 Å². The van der Waals surface area contributed by atoms with E-state index in [1.54, 1.807) is 12.1 Å². The summed E-state index contributed by atoms with van der Waals surface area (Å²) >= 11 is 0. The van der Waals surface area contributed by atoms with E-state index >= 15 is 0 Å². The number of hydrogen-bond acceptors (Lipinski definition) is 9. The summed E-state index contributed by atoms with van der Waals surface area (Å²) in [5.74, 6) is -1.86. The lowest BCUT2D eigenvalue weighted by atomic mass is 9.84. The Morgan fingerprint density at radius 2 is 1.17 bits per heavy atom. The van der Waals surface area contributed by atoms with Gasteiger partial charge in [-0.15, -0.1) is 5.06 Å². The number of imide groups is 1. The van der Waals surface area contributed by atoms with Gasteiger partial charge in [-0.1, -0.05) is 36.4 Å². The maximum atomic E-state index is 12.8. The molecule has 0 saturated carbocycles. The average molecular weight is 644 g/mol. The van der Waals surface area contributed by atoms with E-state index in [9.17, 15) is 14.4 Å². The second kappa shape index (κ2) is 16.5. The topological polar surface area (TPSA) is 97.9 Å². The predicted molar refractivity (Wildman–Crippen MR) is 180 cm³/mol. The molecule has 0 spiro atoms. The second-order valence-corrected chi connectivity index (χ2v) is 12.1. The first-order valence-electron chi connectivity index (χ1n) is 16.3. The number of benzene rings is 3. The first kappa shape index (κ1) is 34.1. The maximum absolute atomic E-state index is 12.8. The molecule has 47 heavy (non-hydrogen) atoms. The van der Waals surface area contributed by atoms with E-state index in [4.69, 9.17) is 19.0 Å². The number of carbonyl (C=O) groups is 3. The van der Waals surface area contributed by atoms with Gasteiger partial charge in [-0.2, -0.15) is 0 Å². The average Bonchev–Trinajstić information content (AvgIpc) is 3.41. The van der Waals surface area contributed by atoms with Gasteiger partial charge in [0.25, 0.3) is 11.8 Å². The highest BCUT2D eigenvalue weighted by Gasteiger charge is 2.33. The minimum absolute atomic E-state index is 0.0494. The normalized spacial score (nSPS) is 18.9. The molecule has 2 aliphatic heterocycles. The molecule has 0 aliphatic carbocycles. The number of anilines is 2. The minimum Gasteiger partial charge on any atom is -0.379 e. The molecular weight excluding hydrogens is 598 g/mol. The van der Waals surface area contributed by atoms with E-state index < -0.39 is 17.8 Å². The fourth-order valence-corrected chi connectivity index (χ4v) is 5.97. The number of amides is 2. The Labute approximate surface area is 277 Å². The third-order valence-corrected chi connectivity index (χ3v) is 8.75. The SMILES string of the molecule is CN(C)c1ccc(C(c2ccc(C(=O)ON3C(=O)CCC3=O)cc2)c2ccc(N(C)C3CCCOCCOCCOCC3)cc2)cc1. The van der Waals surface area contributed by atoms with Crippen LogP contribution in [0.4, 0.5) is 11.4 Å². The second-order valence-electron chi connectivity index (χ2n) is 12.1. The van der Waals surface area contributed by atoms with Crippen molar-refractivity contribution in [2.45, 2.75) is 44.1 Å². The van der Waals surface area contributed by atoms with Crippen molar-refractivity contribution in [3.05, 3.63) is 95.1 Å². The van der Waals surface area contributed by atoms with Crippen LogP contribution in [-0.2, 0) is 28.6 Å². The molecule has 10 heteroatoms. The number of carbonyl (C=O) groups excluding carboxylic acids is 3. The van der Waals surface area contributed by atoms with E-state index in [-0.39, 0.29) is 24.3 Å². The van der Waals surface area contributed by atoms with E-state index in [2.05, 4.69) is 65.4 Å². The minimum atomic E-state index is -0.744. The quantitative estimate of drug-likeness (QED) is 0.243. The fourth-order valence-electron chi connectivity index (χ4n) is 5.97. The third-order valence-electron chi connectivity index (χ3n) is 8.75. The Morgan fingerprint density at radius 1 is 0.681 bits per heavy atom. The summed E-state index contributed by atoms with van der Waals surface area (Å²) in [7, 11) is 6.17. The molecule has 0 aromatic heterocycles. The molecule has 2 amide bonds. The van der Waals surface area contributed by atoms with Crippen LogP contribution in [0.5, 0.6) is 0 Å². The molecule has 2 saturated heterocycles. The fraction of sp³-hybridized carbons (Fsp3) is 0.432. The van der Waals surface area contributed by atoms with Crippen LogP contribution in [-0.4, -0.2) is 89.7 Å². The molecule has 5 rings (SSSR count). The molecule has 2 unspecified atom stereocenters. The Balaban J connectivity index is 1.36. The van der Waals surface area contributed by atoms with Gasteiger partial charge in [0.2, 0.25) is 0 Å². The third kappa shape index (κ3) is 8.97. The van der Waals surface area contributed by atoms with Gasteiger partial charge in [-0.25, -0.2) is 4.79 Å².